The van der Waals surface area contributed by atoms with E-state index < -0.39 is 10.0 Å². The number of rotatable bonds is 7. The van der Waals surface area contributed by atoms with Gasteiger partial charge in [-0.2, -0.15) is 0 Å². The number of aromatic nitrogens is 1. The van der Waals surface area contributed by atoms with Crippen LogP contribution in [0, 0.1) is 0 Å². The summed E-state index contributed by atoms with van der Waals surface area (Å²) >= 11 is 1.56. The van der Waals surface area contributed by atoms with Crippen LogP contribution < -0.4 is 10.0 Å². The highest BCUT2D eigenvalue weighted by Gasteiger charge is 2.24. The minimum Gasteiger partial charge on any atom is -0.372 e. The minimum atomic E-state index is -3.62. The lowest BCUT2D eigenvalue weighted by molar-refractivity contribution is 0.540. The van der Waals surface area contributed by atoms with Crippen LogP contribution in [0.1, 0.15) is 30.7 Å². The molecular weight excluding hydrogens is 306 g/mol. The third-order valence-electron chi connectivity index (χ3n) is 3.06. The number of nitrogens with zero attached hydrogens (tertiary/aromatic N) is 1. The third kappa shape index (κ3) is 3.81. The standard InChI is InChI=1S/C14H19N3O2S2/c1-3-6-11(12-7-5-10-20-12)17-21(18,19)13-8-4-9-16-14(13)15-2/h4-5,7-11,17H,3,6H2,1-2H3,(H,15,16). The predicted molar refractivity (Wildman–Crippen MR) is 86.1 cm³/mol. The summed E-state index contributed by atoms with van der Waals surface area (Å²) in [6, 6.07) is 6.86. The van der Waals surface area contributed by atoms with Gasteiger partial charge in [0, 0.05) is 18.1 Å². The van der Waals surface area contributed by atoms with Crippen LogP contribution in [-0.2, 0) is 10.0 Å². The average molecular weight is 325 g/mol. The second kappa shape index (κ2) is 7.02. The van der Waals surface area contributed by atoms with Crippen molar-refractivity contribution in [2.45, 2.75) is 30.7 Å². The normalized spacial score (nSPS) is 13.0. The zero-order chi connectivity index (χ0) is 15.3. The molecular formula is C14H19N3O2S2. The number of nitrogens with one attached hydrogen (secondary N) is 2. The summed E-state index contributed by atoms with van der Waals surface area (Å²) in [5.41, 5.74) is 0. The van der Waals surface area contributed by atoms with Crippen molar-refractivity contribution in [1.82, 2.24) is 9.71 Å². The highest BCUT2D eigenvalue weighted by Crippen LogP contribution is 2.26. The van der Waals surface area contributed by atoms with E-state index in [1.165, 1.54) is 0 Å². The van der Waals surface area contributed by atoms with Gasteiger partial charge in [-0.1, -0.05) is 19.4 Å². The second-order valence-corrected chi connectivity index (χ2v) is 7.24. The van der Waals surface area contributed by atoms with Gasteiger partial charge >= 0.3 is 0 Å². The Morgan fingerprint density at radius 2 is 2.14 bits per heavy atom. The fraction of sp³-hybridized carbons (Fsp3) is 0.357. The molecule has 0 saturated heterocycles. The van der Waals surface area contributed by atoms with Crippen molar-refractivity contribution < 1.29 is 8.42 Å². The van der Waals surface area contributed by atoms with Crippen LogP contribution in [0.2, 0.25) is 0 Å². The molecule has 7 heteroatoms. The number of sulfonamides is 1. The molecule has 1 unspecified atom stereocenters. The maximum absolute atomic E-state index is 12.6. The molecule has 0 aliphatic rings. The Hall–Kier alpha value is -1.44. The van der Waals surface area contributed by atoms with Gasteiger partial charge in [-0.3, -0.25) is 0 Å². The molecule has 21 heavy (non-hydrogen) atoms. The molecule has 2 rings (SSSR count). The monoisotopic (exact) mass is 325 g/mol. The highest BCUT2D eigenvalue weighted by atomic mass is 32.2. The second-order valence-electron chi connectivity index (χ2n) is 4.58. The number of anilines is 1. The van der Waals surface area contributed by atoms with Gasteiger partial charge in [0.15, 0.2) is 0 Å². The van der Waals surface area contributed by atoms with Crippen LogP contribution in [0.25, 0.3) is 0 Å². The molecule has 0 amide bonds. The molecule has 0 aromatic carbocycles. The van der Waals surface area contributed by atoms with Gasteiger partial charge in [-0.05, 0) is 30.0 Å². The largest absolute Gasteiger partial charge is 0.372 e. The molecule has 0 aliphatic carbocycles. The van der Waals surface area contributed by atoms with Crippen molar-refractivity contribution in [3.8, 4) is 0 Å². The van der Waals surface area contributed by atoms with E-state index in [0.29, 0.717) is 5.82 Å². The summed E-state index contributed by atoms with van der Waals surface area (Å²) in [5.74, 6) is 0.353. The lowest BCUT2D eigenvalue weighted by Gasteiger charge is -2.18. The van der Waals surface area contributed by atoms with Gasteiger partial charge in [-0.25, -0.2) is 18.1 Å². The van der Waals surface area contributed by atoms with Crippen LogP contribution in [0.15, 0.2) is 40.7 Å². The van der Waals surface area contributed by atoms with Crippen molar-refractivity contribution in [3.05, 3.63) is 40.7 Å². The number of pyridine rings is 1. The first kappa shape index (κ1) is 15.9. The Morgan fingerprint density at radius 3 is 2.76 bits per heavy atom. The molecule has 2 aromatic heterocycles. The minimum absolute atomic E-state index is 0.171. The van der Waals surface area contributed by atoms with E-state index in [4.69, 9.17) is 0 Å². The van der Waals surface area contributed by atoms with Gasteiger partial charge in [0.2, 0.25) is 10.0 Å². The number of thiophene rings is 1. The van der Waals surface area contributed by atoms with Gasteiger partial charge in [-0.15, -0.1) is 11.3 Å². The Bertz CT molecular complexity index is 669. The van der Waals surface area contributed by atoms with Crippen LogP contribution in [0.3, 0.4) is 0 Å². The molecule has 0 saturated carbocycles. The Balaban J connectivity index is 2.30. The van der Waals surface area contributed by atoms with E-state index in [2.05, 4.69) is 15.0 Å². The number of hydrogen-bond acceptors (Lipinski definition) is 5. The fourth-order valence-electron chi connectivity index (χ4n) is 2.08. The lowest BCUT2D eigenvalue weighted by Crippen LogP contribution is -2.29. The zero-order valence-corrected chi connectivity index (χ0v) is 13.7. The average Bonchev–Trinajstić information content (AvgIpc) is 3.01. The molecule has 2 N–H and O–H groups in total. The third-order valence-corrected chi connectivity index (χ3v) is 5.55. The number of hydrogen-bond donors (Lipinski definition) is 2. The Labute approximate surface area is 129 Å². The van der Waals surface area contributed by atoms with Gasteiger partial charge in [0.25, 0.3) is 0 Å². The van der Waals surface area contributed by atoms with Crippen molar-refractivity contribution in [2.75, 3.05) is 12.4 Å². The van der Waals surface area contributed by atoms with Crippen LogP contribution in [0.4, 0.5) is 5.82 Å². The summed E-state index contributed by atoms with van der Waals surface area (Å²) in [7, 11) is -1.96. The van der Waals surface area contributed by atoms with Gasteiger partial charge < -0.3 is 5.32 Å². The molecule has 0 radical (unpaired) electrons. The van der Waals surface area contributed by atoms with E-state index in [-0.39, 0.29) is 10.9 Å². The summed E-state index contributed by atoms with van der Waals surface area (Å²) < 4.78 is 28.0. The van der Waals surface area contributed by atoms with Crippen molar-refractivity contribution in [3.63, 3.8) is 0 Å². The highest BCUT2D eigenvalue weighted by molar-refractivity contribution is 7.89. The molecule has 0 fully saturated rings. The SMILES string of the molecule is CCCC(NS(=O)(=O)c1cccnc1NC)c1cccs1. The lowest BCUT2D eigenvalue weighted by atomic mass is 10.1. The predicted octanol–water partition coefficient (Wildman–Crippen LogP) is 3.00. The van der Waals surface area contributed by atoms with E-state index in [1.807, 2.05) is 24.4 Å². The van der Waals surface area contributed by atoms with Crippen molar-refractivity contribution >= 4 is 27.2 Å². The topological polar surface area (TPSA) is 71.1 Å². The molecule has 2 aromatic rings. The molecule has 1 atom stereocenters. The summed E-state index contributed by atoms with van der Waals surface area (Å²) in [4.78, 5) is 5.25. The maximum Gasteiger partial charge on any atom is 0.244 e. The smallest absolute Gasteiger partial charge is 0.244 e. The first-order chi connectivity index (χ1) is 10.1. The zero-order valence-electron chi connectivity index (χ0n) is 12.0. The summed E-state index contributed by atoms with van der Waals surface area (Å²) in [6.45, 7) is 2.04. The molecule has 0 aliphatic heterocycles. The van der Waals surface area contributed by atoms with E-state index in [1.54, 1.807) is 36.7 Å². The molecule has 5 nitrogen and oxygen atoms in total. The van der Waals surface area contributed by atoms with Crippen LogP contribution in [-0.4, -0.2) is 20.4 Å². The van der Waals surface area contributed by atoms with Crippen molar-refractivity contribution in [1.29, 1.82) is 0 Å². The molecule has 2 heterocycles. The molecule has 114 valence electrons. The maximum atomic E-state index is 12.6. The Morgan fingerprint density at radius 1 is 1.33 bits per heavy atom. The van der Waals surface area contributed by atoms with E-state index >= 15 is 0 Å². The van der Waals surface area contributed by atoms with Gasteiger partial charge in [0.05, 0.1) is 6.04 Å². The first-order valence-corrected chi connectivity index (χ1v) is 9.13. The molecule has 0 spiro atoms. The van der Waals surface area contributed by atoms with Gasteiger partial charge in [0.1, 0.15) is 10.7 Å². The summed E-state index contributed by atoms with van der Waals surface area (Å²) in [6.07, 6.45) is 3.22. The molecule has 0 bridgehead atoms. The fourth-order valence-corrected chi connectivity index (χ4v) is 4.38. The van der Waals surface area contributed by atoms with Crippen LogP contribution in [0.5, 0.6) is 0 Å². The quantitative estimate of drug-likeness (QED) is 0.821. The summed E-state index contributed by atoms with van der Waals surface area (Å²) in [5, 5.41) is 4.77. The van der Waals surface area contributed by atoms with Crippen LogP contribution >= 0.6 is 11.3 Å². The Kier molecular flexibility index (Phi) is 5.33. The van der Waals surface area contributed by atoms with E-state index in [9.17, 15) is 8.42 Å². The first-order valence-electron chi connectivity index (χ1n) is 6.77. The van der Waals surface area contributed by atoms with E-state index in [0.717, 1.165) is 17.7 Å². The van der Waals surface area contributed by atoms with Crippen molar-refractivity contribution in [2.24, 2.45) is 0 Å².